The van der Waals surface area contributed by atoms with E-state index in [9.17, 15) is 5.11 Å². The van der Waals surface area contributed by atoms with Crippen LogP contribution in [0.5, 0.6) is 5.75 Å². The second-order valence-corrected chi connectivity index (χ2v) is 9.49. The van der Waals surface area contributed by atoms with E-state index in [1.165, 1.54) is 24.3 Å². The van der Waals surface area contributed by atoms with E-state index in [0.29, 0.717) is 17.8 Å². The van der Waals surface area contributed by atoms with E-state index in [2.05, 4.69) is 56.1 Å². The fourth-order valence-corrected chi connectivity index (χ4v) is 6.68. The van der Waals surface area contributed by atoms with Crippen molar-refractivity contribution in [2.24, 2.45) is 17.3 Å². The molecule has 0 aromatic heterocycles. The zero-order chi connectivity index (χ0) is 19.3. The van der Waals surface area contributed by atoms with E-state index in [1.807, 2.05) is 0 Å². The number of hydrogen-bond acceptors (Lipinski definition) is 3. The van der Waals surface area contributed by atoms with Gasteiger partial charge in [0.25, 0.3) is 0 Å². The Balaban J connectivity index is 1.34. The highest BCUT2D eigenvalue weighted by Gasteiger charge is 2.57. The Morgan fingerprint density at radius 3 is 2.82 bits per heavy atom. The van der Waals surface area contributed by atoms with Crippen LogP contribution < -0.4 is 10.1 Å². The smallest absolute Gasteiger partial charge is 0.119 e. The maximum absolute atomic E-state index is 11.2. The summed E-state index contributed by atoms with van der Waals surface area (Å²) in [5.74, 6) is 4.24. The van der Waals surface area contributed by atoms with Gasteiger partial charge in [-0.1, -0.05) is 13.0 Å². The van der Waals surface area contributed by atoms with E-state index in [4.69, 9.17) is 4.74 Å². The molecule has 4 aliphatic rings. The largest absolute Gasteiger partial charge is 0.497 e. The van der Waals surface area contributed by atoms with Crippen LogP contribution in [-0.4, -0.2) is 30.9 Å². The maximum Gasteiger partial charge on any atom is 0.119 e. The average molecular weight is 379 g/mol. The van der Waals surface area contributed by atoms with Crippen LogP contribution in [0.4, 0.5) is 0 Å². The van der Waals surface area contributed by atoms with Crippen LogP contribution >= 0.6 is 0 Å². The normalized spacial score (nSPS) is 40.0. The molecular weight excluding hydrogens is 346 g/mol. The molecule has 0 amide bonds. The molecule has 3 saturated carbocycles. The van der Waals surface area contributed by atoms with Crippen molar-refractivity contribution < 1.29 is 9.84 Å². The Morgan fingerprint density at radius 2 is 2.04 bits per heavy atom. The zero-order valence-corrected chi connectivity index (χ0v) is 17.0. The van der Waals surface area contributed by atoms with Crippen LogP contribution in [0.25, 0.3) is 0 Å². The van der Waals surface area contributed by atoms with Gasteiger partial charge in [0.15, 0.2) is 0 Å². The van der Waals surface area contributed by atoms with Gasteiger partial charge in [0, 0.05) is 12.6 Å². The van der Waals surface area contributed by atoms with Crippen molar-refractivity contribution in [1.82, 2.24) is 5.32 Å². The average Bonchev–Trinajstić information content (AvgIpc) is 3.32. The van der Waals surface area contributed by atoms with Gasteiger partial charge in [-0.2, -0.15) is 0 Å². The molecule has 0 heterocycles. The van der Waals surface area contributed by atoms with Crippen LogP contribution in [0.1, 0.15) is 49.7 Å². The molecular formula is C25H32NO2. The predicted octanol–water partition coefficient (Wildman–Crippen LogP) is 3.89. The fourth-order valence-electron chi connectivity index (χ4n) is 6.68. The highest BCUT2D eigenvalue weighted by atomic mass is 16.5. The summed E-state index contributed by atoms with van der Waals surface area (Å²) in [4.78, 5) is 0. The lowest BCUT2D eigenvalue weighted by atomic mass is 9.55. The van der Waals surface area contributed by atoms with Gasteiger partial charge < -0.3 is 15.2 Å². The van der Waals surface area contributed by atoms with Gasteiger partial charge in [0.2, 0.25) is 0 Å². The number of fused-ring (bicyclic) bond motifs is 5. The summed E-state index contributed by atoms with van der Waals surface area (Å²) >= 11 is 0. The van der Waals surface area contributed by atoms with E-state index >= 15 is 0 Å². The molecule has 0 unspecified atom stereocenters. The van der Waals surface area contributed by atoms with E-state index in [1.54, 1.807) is 12.7 Å². The number of aliphatic hydroxyl groups excluding tert-OH is 1. The third-order valence-electron chi connectivity index (χ3n) is 8.24. The second kappa shape index (κ2) is 7.32. The molecule has 4 aliphatic carbocycles. The molecule has 0 bridgehead atoms. The molecule has 5 radical (unpaired) electrons. The van der Waals surface area contributed by atoms with E-state index in [-0.39, 0.29) is 17.6 Å². The first kappa shape index (κ1) is 18.9. The van der Waals surface area contributed by atoms with E-state index < -0.39 is 0 Å². The molecule has 2 N–H and O–H groups in total. The van der Waals surface area contributed by atoms with Crippen molar-refractivity contribution in [1.29, 1.82) is 0 Å². The summed E-state index contributed by atoms with van der Waals surface area (Å²) in [6, 6.07) is 6.89. The molecule has 149 valence electrons. The molecule has 3 heteroatoms. The predicted molar refractivity (Wildman–Crippen MR) is 111 cm³/mol. The van der Waals surface area contributed by atoms with Gasteiger partial charge in [-0.05, 0) is 110 Å². The van der Waals surface area contributed by atoms with Crippen LogP contribution in [0.2, 0.25) is 0 Å². The summed E-state index contributed by atoms with van der Waals surface area (Å²) in [5.41, 5.74) is 3.07. The minimum atomic E-state index is -0.245. The molecule has 28 heavy (non-hydrogen) atoms. The topological polar surface area (TPSA) is 41.5 Å². The van der Waals surface area contributed by atoms with Crippen molar-refractivity contribution in [3.05, 3.63) is 60.9 Å². The maximum atomic E-state index is 11.2. The van der Waals surface area contributed by atoms with Crippen molar-refractivity contribution in [3.8, 4) is 5.75 Å². The number of methoxy groups -OCH3 is 1. The quantitative estimate of drug-likeness (QED) is 0.835. The van der Waals surface area contributed by atoms with Gasteiger partial charge in [-0.3, -0.25) is 0 Å². The summed E-state index contributed by atoms with van der Waals surface area (Å²) in [5, 5.41) is 14.9. The lowest BCUT2D eigenvalue weighted by Gasteiger charge is -2.50. The van der Waals surface area contributed by atoms with Crippen LogP contribution in [0.3, 0.4) is 0 Å². The summed E-state index contributed by atoms with van der Waals surface area (Å²) in [6.07, 6.45) is 14.1. The van der Waals surface area contributed by atoms with Crippen molar-refractivity contribution >= 4 is 0 Å². The van der Waals surface area contributed by atoms with Crippen molar-refractivity contribution in [2.45, 2.75) is 57.1 Å². The number of aliphatic hydroxyl groups is 1. The van der Waals surface area contributed by atoms with Gasteiger partial charge >= 0.3 is 0 Å². The Hall–Kier alpha value is -1.06. The van der Waals surface area contributed by atoms with Gasteiger partial charge in [0.1, 0.15) is 5.75 Å². The highest BCUT2D eigenvalue weighted by Crippen LogP contribution is 2.61. The molecule has 3 fully saturated rings. The SMILES string of the molecule is COc1ccc2c(c1)CC[C@@H]1[C@@H]2CC[C@]2(C)[C@H](O)[C@H](NC[C]3[CH][CH][CH][CH]3)C[C@@H]12. The van der Waals surface area contributed by atoms with Crippen molar-refractivity contribution in [2.75, 3.05) is 13.7 Å². The summed E-state index contributed by atoms with van der Waals surface area (Å²) in [6.45, 7) is 3.21. The molecule has 1 aromatic carbocycles. The number of aryl methyl sites for hydroxylation is 1. The second-order valence-electron chi connectivity index (χ2n) is 9.49. The van der Waals surface area contributed by atoms with Gasteiger partial charge in [-0.25, -0.2) is 0 Å². The first-order valence-corrected chi connectivity index (χ1v) is 10.9. The van der Waals surface area contributed by atoms with Crippen molar-refractivity contribution in [3.63, 3.8) is 0 Å². The number of nitrogens with one attached hydrogen (secondary N) is 1. The Kier molecular flexibility index (Phi) is 4.95. The molecule has 6 atom stereocenters. The first-order chi connectivity index (χ1) is 13.6. The lowest BCUT2D eigenvalue weighted by molar-refractivity contribution is -0.0278. The summed E-state index contributed by atoms with van der Waals surface area (Å²) < 4.78 is 5.45. The third kappa shape index (κ3) is 3.01. The fraction of sp³-hybridized carbons (Fsp3) is 0.560. The minimum absolute atomic E-state index is 0.0504. The number of hydrogen-bond donors (Lipinski definition) is 2. The Bertz CT molecular complexity index is 712. The lowest BCUT2D eigenvalue weighted by Crippen LogP contribution is -2.47. The highest BCUT2D eigenvalue weighted by molar-refractivity contribution is 5.41. The molecule has 0 spiro atoms. The molecule has 0 saturated heterocycles. The Labute approximate surface area is 170 Å². The molecule has 0 aliphatic heterocycles. The molecule has 1 aromatic rings. The minimum Gasteiger partial charge on any atom is -0.497 e. The number of benzene rings is 1. The molecule has 5 rings (SSSR count). The van der Waals surface area contributed by atoms with Gasteiger partial charge in [-0.15, -0.1) is 0 Å². The third-order valence-corrected chi connectivity index (χ3v) is 8.24. The van der Waals surface area contributed by atoms with Gasteiger partial charge in [0.05, 0.1) is 13.2 Å². The monoisotopic (exact) mass is 378 g/mol. The van der Waals surface area contributed by atoms with E-state index in [0.717, 1.165) is 31.6 Å². The van der Waals surface area contributed by atoms with Crippen LogP contribution in [0.15, 0.2) is 18.2 Å². The first-order valence-electron chi connectivity index (χ1n) is 10.9. The molecule has 3 nitrogen and oxygen atoms in total. The summed E-state index contributed by atoms with van der Waals surface area (Å²) in [7, 11) is 1.75. The van der Waals surface area contributed by atoms with Crippen LogP contribution in [0, 0.1) is 48.9 Å². The number of rotatable bonds is 4. The van der Waals surface area contributed by atoms with Crippen LogP contribution in [-0.2, 0) is 6.42 Å². The number of ether oxygens (including phenoxy) is 1. The zero-order valence-electron chi connectivity index (χ0n) is 17.0. The standard InChI is InChI=1S/C25H32NO2/c1-25-12-11-20-19-10-8-18(28-2)13-17(19)7-9-21(20)22(25)14-23(24(25)27)26-15-16-5-3-4-6-16/h3-6,8,10,13,20-24,26-27H,7,9,11-12,14-15H2,1-2H3/t20-,21-,22+,23-,24-,25+/m1/s1. The Morgan fingerprint density at radius 1 is 1.21 bits per heavy atom.